The van der Waals surface area contributed by atoms with Gasteiger partial charge in [0.05, 0.1) is 21.7 Å². The van der Waals surface area contributed by atoms with Crippen molar-refractivity contribution in [2.75, 3.05) is 23.4 Å². The van der Waals surface area contributed by atoms with Gasteiger partial charge in [-0.3, -0.25) is 9.59 Å². The van der Waals surface area contributed by atoms with Gasteiger partial charge in [0.2, 0.25) is 5.91 Å². The summed E-state index contributed by atoms with van der Waals surface area (Å²) >= 11 is 12.0. The number of nitrogens with one attached hydrogen (secondary N) is 1. The van der Waals surface area contributed by atoms with E-state index in [0.29, 0.717) is 40.9 Å². The Labute approximate surface area is 174 Å². The fourth-order valence-electron chi connectivity index (χ4n) is 3.04. The lowest BCUT2D eigenvalue weighted by Crippen LogP contribution is -2.42. The SMILES string of the molecule is CCCN1C(=O)C(C)(C)COc2ccc(NC(=O)c3ccc(Cl)cc3Cl)cc21. The molecule has 0 saturated heterocycles. The van der Waals surface area contributed by atoms with Gasteiger partial charge in [-0.1, -0.05) is 30.1 Å². The minimum absolute atomic E-state index is 0.00248. The third kappa shape index (κ3) is 4.10. The third-order valence-corrected chi connectivity index (χ3v) is 5.09. The summed E-state index contributed by atoms with van der Waals surface area (Å²) in [6.45, 7) is 6.62. The molecule has 5 nitrogen and oxygen atoms in total. The van der Waals surface area contributed by atoms with E-state index >= 15 is 0 Å². The number of hydrogen-bond donors (Lipinski definition) is 1. The lowest BCUT2D eigenvalue weighted by Gasteiger charge is -2.27. The molecule has 1 heterocycles. The highest BCUT2D eigenvalue weighted by Gasteiger charge is 2.37. The van der Waals surface area contributed by atoms with E-state index < -0.39 is 5.41 Å². The number of halogens is 2. The lowest BCUT2D eigenvalue weighted by molar-refractivity contribution is -0.127. The van der Waals surface area contributed by atoms with Gasteiger partial charge in [-0.15, -0.1) is 0 Å². The molecule has 0 aliphatic carbocycles. The largest absolute Gasteiger partial charge is 0.490 e. The molecule has 0 atom stereocenters. The van der Waals surface area contributed by atoms with Crippen LogP contribution in [0.5, 0.6) is 5.75 Å². The first-order valence-electron chi connectivity index (χ1n) is 9.08. The second-order valence-electron chi connectivity index (χ2n) is 7.39. The van der Waals surface area contributed by atoms with Crippen molar-refractivity contribution in [1.82, 2.24) is 0 Å². The standard InChI is InChI=1S/C21H22Cl2N2O3/c1-4-9-25-17-11-14(6-8-18(17)28-12-21(2,3)20(25)27)24-19(26)15-7-5-13(22)10-16(15)23/h5-8,10-11H,4,9,12H2,1-3H3,(H,24,26). The molecule has 0 spiro atoms. The van der Waals surface area contributed by atoms with Gasteiger partial charge in [0.1, 0.15) is 12.4 Å². The molecule has 0 fully saturated rings. The van der Waals surface area contributed by atoms with Crippen LogP contribution in [-0.4, -0.2) is 25.0 Å². The zero-order chi connectivity index (χ0) is 20.5. The van der Waals surface area contributed by atoms with Crippen molar-refractivity contribution in [3.63, 3.8) is 0 Å². The summed E-state index contributed by atoms with van der Waals surface area (Å²) in [5.41, 5.74) is 0.887. The molecule has 1 aliphatic heterocycles. The van der Waals surface area contributed by atoms with Crippen LogP contribution in [0.25, 0.3) is 0 Å². The fourth-order valence-corrected chi connectivity index (χ4v) is 3.53. The molecular weight excluding hydrogens is 399 g/mol. The molecule has 2 aromatic rings. The minimum atomic E-state index is -0.631. The second kappa shape index (κ2) is 8.02. The Morgan fingerprint density at radius 1 is 1.21 bits per heavy atom. The molecule has 0 unspecified atom stereocenters. The highest BCUT2D eigenvalue weighted by molar-refractivity contribution is 6.37. The van der Waals surface area contributed by atoms with Crippen LogP contribution in [0.4, 0.5) is 11.4 Å². The van der Waals surface area contributed by atoms with Crippen LogP contribution in [0, 0.1) is 5.41 Å². The Hall–Kier alpha value is -2.24. The zero-order valence-electron chi connectivity index (χ0n) is 16.0. The molecule has 2 amide bonds. The zero-order valence-corrected chi connectivity index (χ0v) is 17.5. The highest BCUT2D eigenvalue weighted by atomic mass is 35.5. The van der Waals surface area contributed by atoms with E-state index in [0.717, 1.165) is 6.42 Å². The third-order valence-electron chi connectivity index (χ3n) is 4.54. The molecule has 1 N–H and O–H groups in total. The number of hydrogen-bond acceptors (Lipinski definition) is 3. The van der Waals surface area contributed by atoms with Crippen molar-refractivity contribution in [3.05, 3.63) is 52.0 Å². The maximum atomic E-state index is 13.0. The second-order valence-corrected chi connectivity index (χ2v) is 8.23. The molecule has 28 heavy (non-hydrogen) atoms. The van der Waals surface area contributed by atoms with Gasteiger partial charge >= 0.3 is 0 Å². The smallest absolute Gasteiger partial charge is 0.257 e. The van der Waals surface area contributed by atoms with Crippen molar-refractivity contribution in [3.8, 4) is 5.75 Å². The van der Waals surface area contributed by atoms with Crippen LogP contribution in [-0.2, 0) is 4.79 Å². The molecule has 0 radical (unpaired) electrons. The van der Waals surface area contributed by atoms with Crippen molar-refractivity contribution in [2.45, 2.75) is 27.2 Å². The van der Waals surface area contributed by atoms with Gasteiger partial charge in [0, 0.05) is 17.3 Å². The maximum Gasteiger partial charge on any atom is 0.257 e. The minimum Gasteiger partial charge on any atom is -0.490 e. The highest BCUT2D eigenvalue weighted by Crippen LogP contribution is 2.38. The predicted octanol–water partition coefficient (Wildman–Crippen LogP) is 5.41. The van der Waals surface area contributed by atoms with Crippen LogP contribution < -0.4 is 15.0 Å². The van der Waals surface area contributed by atoms with Crippen molar-refractivity contribution < 1.29 is 14.3 Å². The first kappa shape index (κ1) is 20.5. The maximum absolute atomic E-state index is 13.0. The molecule has 7 heteroatoms. The van der Waals surface area contributed by atoms with E-state index in [2.05, 4.69) is 5.32 Å². The Balaban J connectivity index is 1.93. The lowest BCUT2D eigenvalue weighted by atomic mass is 9.93. The molecule has 2 aromatic carbocycles. The molecule has 1 aliphatic rings. The van der Waals surface area contributed by atoms with Crippen molar-refractivity contribution in [2.24, 2.45) is 5.41 Å². The van der Waals surface area contributed by atoms with Gasteiger partial charge in [0.25, 0.3) is 5.91 Å². The van der Waals surface area contributed by atoms with E-state index in [-0.39, 0.29) is 16.8 Å². The van der Waals surface area contributed by atoms with E-state index in [1.165, 1.54) is 6.07 Å². The summed E-state index contributed by atoms with van der Waals surface area (Å²) in [7, 11) is 0. The Morgan fingerprint density at radius 3 is 2.64 bits per heavy atom. The molecule has 0 saturated carbocycles. The van der Waals surface area contributed by atoms with Gasteiger partial charge in [-0.2, -0.15) is 0 Å². The van der Waals surface area contributed by atoms with Crippen LogP contribution in [0.15, 0.2) is 36.4 Å². The van der Waals surface area contributed by atoms with Crippen molar-refractivity contribution >= 4 is 46.4 Å². The van der Waals surface area contributed by atoms with E-state index in [9.17, 15) is 9.59 Å². The summed E-state index contributed by atoms with van der Waals surface area (Å²) in [5, 5.41) is 3.56. The monoisotopic (exact) mass is 420 g/mol. The van der Waals surface area contributed by atoms with E-state index in [1.54, 1.807) is 35.2 Å². The average Bonchev–Trinajstić information content (AvgIpc) is 2.72. The number of carbonyl (C=O) groups is 2. The summed E-state index contributed by atoms with van der Waals surface area (Å²) in [4.78, 5) is 27.3. The normalized spacial score (nSPS) is 15.5. The first-order chi connectivity index (χ1) is 13.2. The predicted molar refractivity (Wildman–Crippen MR) is 113 cm³/mol. The van der Waals surface area contributed by atoms with Gasteiger partial charge in [-0.25, -0.2) is 0 Å². The van der Waals surface area contributed by atoms with Gasteiger partial charge < -0.3 is 15.0 Å². The Kier molecular flexibility index (Phi) is 5.87. The summed E-state index contributed by atoms with van der Waals surface area (Å²) in [5.74, 6) is 0.261. The fraction of sp³-hybridized carbons (Fsp3) is 0.333. The Morgan fingerprint density at radius 2 is 1.96 bits per heavy atom. The first-order valence-corrected chi connectivity index (χ1v) is 9.84. The van der Waals surface area contributed by atoms with Gasteiger partial charge in [-0.05, 0) is 56.7 Å². The molecule has 0 bridgehead atoms. The molecular formula is C21H22Cl2N2O3. The number of rotatable bonds is 4. The van der Waals surface area contributed by atoms with Crippen molar-refractivity contribution in [1.29, 1.82) is 0 Å². The summed E-state index contributed by atoms with van der Waals surface area (Å²) in [6, 6.07) is 9.97. The quantitative estimate of drug-likeness (QED) is 0.719. The van der Waals surface area contributed by atoms with Gasteiger partial charge in [0.15, 0.2) is 0 Å². The number of amides is 2. The number of fused-ring (bicyclic) bond motifs is 1. The van der Waals surface area contributed by atoms with Crippen LogP contribution in [0.1, 0.15) is 37.6 Å². The molecule has 148 valence electrons. The summed E-state index contributed by atoms with van der Waals surface area (Å²) in [6.07, 6.45) is 0.804. The number of benzene rings is 2. The summed E-state index contributed by atoms with van der Waals surface area (Å²) < 4.78 is 5.88. The topological polar surface area (TPSA) is 58.6 Å². The van der Waals surface area contributed by atoms with Crippen LogP contribution in [0.3, 0.4) is 0 Å². The number of carbonyl (C=O) groups excluding carboxylic acids is 2. The van der Waals surface area contributed by atoms with E-state index in [1.807, 2.05) is 20.8 Å². The van der Waals surface area contributed by atoms with Crippen LogP contribution >= 0.6 is 23.2 Å². The molecule has 0 aromatic heterocycles. The van der Waals surface area contributed by atoms with Crippen LogP contribution in [0.2, 0.25) is 10.0 Å². The average molecular weight is 421 g/mol. The number of anilines is 2. The molecule has 3 rings (SSSR count). The van der Waals surface area contributed by atoms with E-state index in [4.69, 9.17) is 27.9 Å². The number of nitrogens with zero attached hydrogens (tertiary/aromatic N) is 1. The Bertz CT molecular complexity index is 928. The number of ether oxygens (including phenoxy) is 1.